The van der Waals surface area contributed by atoms with E-state index in [4.69, 9.17) is 0 Å². The molecule has 4 nitrogen and oxygen atoms in total. The quantitative estimate of drug-likeness (QED) is 0.462. The average molecular weight is 464 g/mol. The lowest BCUT2D eigenvalue weighted by Gasteiger charge is -2.40. The zero-order valence-corrected chi connectivity index (χ0v) is 20.7. The van der Waals surface area contributed by atoms with Crippen molar-refractivity contribution in [1.82, 2.24) is 14.7 Å². The first kappa shape index (κ1) is 22.3. The molecule has 0 N–H and O–H groups in total. The monoisotopic (exact) mass is 463 g/mol. The highest BCUT2D eigenvalue weighted by Crippen LogP contribution is 2.51. The highest BCUT2D eigenvalue weighted by atomic mass is 16.2. The minimum atomic E-state index is 0.118. The van der Waals surface area contributed by atoms with E-state index in [0.29, 0.717) is 5.92 Å². The molecule has 178 valence electrons. The number of carbonyl (C=O) groups is 1. The number of nitrogens with zero attached hydrogens (tertiary/aromatic N) is 3. The van der Waals surface area contributed by atoms with Crippen LogP contribution in [0.3, 0.4) is 0 Å². The number of amides is 1. The molecule has 3 heterocycles. The molecule has 0 spiro atoms. The van der Waals surface area contributed by atoms with E-state index < -0.39 is 0 Å². The second kappa shape index (κ2) is 8.78. The second-order valence-corrected chi connectivity index (χ2v) is 10.2. The van der Waals surface area contributed by atoms with Gasteiger partial charge in [-0.3, -0.25) is 14.6 Å². The molecule has 4 heteroatoms. The van der Waals surface area contributed by atoms with Crippen molar-refractivity contribution >= 4 is 5.91 Å². The normalized spacial score (nSPS) is 27.1. The van der Waals surface area contributed by atoms with E-state index in [0.717, 1.165) is 18.4 Å². The molecular weight excluding hydrogens is 430 g/mol. The first-order valence-electron chi connectivity index (χ1n) is 12.8. The van der Waals surface area contributed by atoms with Crippen molar-refractivity contribution in [3.63, 3.8) is 0 Å². The summed E-state index contributed by atoms with van der Waals surface area (Å²) >= 11 is 0. The zero-order valence-electron chi connectivity index (χ0n) is 20.7. The highest BCUT2D eigenvalue weighted by molar-refractivity contribution is 6.00. The molecule has 3 aliphatic rings. The van der Waals surface area contributed by atoms with Crippen molar-refractivity contribution in [1.29, 1.82) is 0 Å². The number of rotatable bonds is 4. The SMILES string of the molecule is CC[C@@H]1C[C@H]2c3ccccc3C(=O)N2C=C1C1N(C)[C@@H](c2ccccc2)[C@H](c2ccccc2)N1C. The molecule has 0 aliphatic carbocycles. The van der Waals surface area contributed by atoms with Crippen LogP contribution in [-0.2, 0) is 0 Å². The summed E-state index contributed by atoms with van der Waals surface area (Å²) in [5.41, 5.74) is 6.05. The van der Waals surface area contributed by atoms with Crippen LogP contribution in [0.1, 0.15) is 64.9 Å². The number of hydrogen-bond donors (Lipinski definition) is 0. The van der Waals surface area contributed by atoms with Crippen LogP contribution in [-0.4, -0.2) is 40.9 Å². The number of hydrogen-bond acceptors (Lipinski definition) is 3. The van der Waals surface area contributed by atoms with Gasteiger partial charge in [0.15, 0.2) is 0 Å². The third-order valence-electron chi connectivity index (χ3n) is 8.41. The van der Waals surface area contributed by atoms with Crippen LogP contribution in [0.15, 0.2) is 96.7 Å². The predicted octanol–water partition coefficient (Wildman–Crippen LogP) is 6.18. The third-order valence-corrected chi connectivity index (χ3v) is 8.41. The van der Waals surface area contributed by atoms with E-state index in [2.05, 4.69) is 110 Å². The van der Waals surface area contributed by atoms with Gasteiger partial charge in [0.25, 0.3) is 5.91 Å². The molecule has 1 amide bonds. The maximum atomic E-state index is 13.4. The molecule has 35 heavy (non-hydrogen) atoms. The summed E-state index contributed by atoms with van der Waals surface area (Å²) in [5.74, 6) is 0.566. The van der Waals surface area contributed by atoms with Gasteiger partial charge in [0.2, 0.25) is 0 Å². The molecular formula is C31H33N3O. The fourth-order valence-corrected chi connectivity index (χ4v) is 6.80. The summed E-state index contributed by atoms with van der Waals surface area (Å²) in [5, 5.41) is 0. The molecule has 0 unspecified atom stereocenters. The topological polar surface area (TPSA) is 26.8 Å². The van der Waals surface area contributed by atoms with Crippen LogP contribution in [0.25, 0.3) is 0 Å². The fourth-order valence-electron chi connectivity index (χ4n) is 6.80. The minimum Gasteiger partial charge on any atom is -0.307 e. The highest BCUT2D eigenvalue weighted by Gasteiger charge is 2.49. The van der Waals surface area contributed by atoms with Crippen molar-refractivity contribution in [3.05, 3.63) is 119 Å². The van der Waals surface area contributed by atoms with Gasteiger partial charge in [-0.05, 0) is 61.2 Å². The van der Waals surface area contributed by atoms with Gasteiger partial charge in [0.1, 0.15) is 0 Å². The Morgan fingerprint density at radius 3 is 1.89 bits per heavy atom. The van der Waals surface area contributed by atoms with E-state index in [-0.39, 0.29) is 30.2 Å². The largest absolute Gasteiger partial charge is 0.307 e. The summed E-state index contributed by atoms with van der Waals surface area (Å²) in [6.45, 7) is 2.29. The zero-order chi connectivity index (χ0) is 24.1. The van der Waals surface area contributed by atoms with Crippen LogP contribution >= 0.6 is 0 Å². The molecule has 4 atom stereocenters. The van der Waals surface area contributed by atoms with E-state index in [1.807, 2.05) is 17.0 Å². The standard InChI is InChI=1S/C31H33N3O/c1-4-21-19-27-24-17-11-12-18-25(24)31(35)34(27)20-26(21)30-32(2)28(22-13-7-5-8-14-22)29(33(30)3)23-15-9-6-10-16-23/h5-18,20-21,27-30H,4,19H2,1-3H3/t21-,27+,28+,29+/m1/s1. The Labute approximate surface area is 208 Å². The predicted molar refractivity (Wildman–Crippen MR) is 140 cm³/mol. The maximum absolute atomic E-state index is 13.4. The van der Waals surface area contributed by atoms with Crippen LogP contribution < -0.4 is 0 Å². The summed E-state index contributed by atoms with van der Waals surface area (Å²) in [6, 6.07) is 30.4. The van der Waals surface area contributed by atoms with Gasteiger partial charge >= 0.3 is 0 Å². The lowest BCUT2D eigenvalue weighted by Crippen LogP contribution is -2.43. The Morgan fingerprint density at radius 2 is 1.31 bits per heavy atom. The van der Waals surface area contributed by atoms with Gasteiger partial charge in [0.05, 0.1) is 24.3 Å². The van der Waals surface area contributed by atoms with Crippen molar-refractivity contribution in [3.8, 4) is 0 Å². The molecule has 0 bridgehead atoms. The molecule has 6 rings (SSSR count). The Hall–Kier alpha value is -3.21. The fraction of sp³-hybridized carbons (Fsp3) is 0.323. The van der Waals surface area contributed by atoms with Crippen molar-refractivity contribution in [2.75, 3.05) is 14.1 Å². The Bertz CT molecular complexity index is 1200. The molecule has 0 saturated carbocycles. The van der Waals surface area contributed by atoms with Gasteiger partial charge in [-0.1, -0.05) is 85.8 Å². The van der Waals surface area contributed by atoms with Gasteiger partial charge in [-0.15, -0.1) is 0 Å². The molecule has 3 aromatic rings. The molecule has 3 aromatic carbocycles. The van der Waals surface area contributed by atoms with Crippen molar-refractivity contribution < 1.29 is 4.79 Å². The lowest BCUT2D eigenvalue weighted by molar-refractivity contribution is 0.0755. The number of likely N-dealkylation sites (N-methyl/N-ethyl adjacent to an activating group) is 2. The van der Waals surface area contributed by atoms with E-state index >= 15 is 0 Å². The number of carbonyl (C=O) groups excluding carboxylic acids is 1. The number of fused-ring (bicyclic) bond motifs is 3. The van der Waals surface area contributed by atoms with Gasteiger partial charge in [0, 0.05) is 11.8 Å². The second-order valence-electron chi connectivity index (χ2n) is 10.2. The van der Waals surface area contributed by atoms with E-state index in [9.17, 15) is 4.79 Å². The van der Waals surface area contributed by atoms with E-state index in [1.54, 1.807) is 0 Å². The molecule has 1 saturated heterocycles. The summed E-state index contributed by atoms with van der Waals surface area (Å²) in [6.07, 6.45) is 4.37. The Balaban J connectivity index is 1.44. The minimum absolute atomic E-state index is 0.118. The van der Waals surface area contributed by atoms with Crippen LogP contribution in [0.5, 0.6) is 0 Å². The van der Waals surface area contributed by atoms with Crippen molar-refractivity contribution in [2.45, 2.75) is 44.1 Å². The van der Waals surface area contributed by atoms with Crippen LogP contribution in [0, 0.1) is 5.92 Å². The summed E-state index contributed by atoms with van der Waals surface area (Å²) in [4.78, 5) is 20.4. The summed E-state index contributed by atoms with van der Waals surface area (Å²) < 4.78 is 0. The first-order chi connectivity index (χ1) is 17.1. The first-order valence-corrected chi connectivity index (χ1v) is 12.8. The van der Waals surface area contributed by atoms with Gasteiger partial charge in [-0.25, -0.2) is 0 Å². The lowest BCUT2D eigenvalue weighted by atomic mass is 9.83. The Kier molecular flexibility index (Phi) is 5.58. The van der Waals surface area contributed by atoms with E-state index in [1.165, 1.54) is 22.3 Å². The van der Waals surface area contributed by atoms with Gasteiger partial charge in [-0.2, -0.15) is 0 Å². The molecule has 3 aliphatic heterocycles. The van der Waals surface area contributed by atoms with Crippen LogP contribution in [0.2, 0.25) is 0 Å². The Morgan fingerprint density at radius 1 is 0.771 bits per heavy atom. The third kappa shape index (κ3) is 3.47. The smallest absolute Gasteiger partial charge is 0.258 e. The molecule has 0 aromatic heterocycles. The molecule has 0 radical (unpaired) electrons. The number of benzene rings is 3. The average Bonchev–Trinajstić information content (AvgIpc) is 3.33. The summed E-state index contributed by atoms with van der Waals surface area (Å²) in [7, 11) is 4.50. The van der Waals surface area contributed by atoms with Crippen molar-refractivity contribution in [2.24, 2.45) is 5.92 Å². The van der Waals surface area contributed by atoms with Crippen LogP contribution in [0.4, 0.5) is 0 Å². The van der Waals surface area contributed by atoms with Gasteiger partial charge < -0.3 is 4.90 Å². The molecule has 1 fully saturated rings. The maximum Gasteiger partial charge on any atom is 0.258 e.